The van der Waals surface area contributed by atoms with E-state index in [-0.39, 0.29) is 10.4 Å². The van der Waals surface area contributed by atoms with Gasteiger partial charge in [0.25, 0.3) is 10.0 Å². The van der Waals surface area contributed by atoms with Crippen molar-refractivity contribution in [1.82, 2.24) is 24.5 Å². The number of thiazole rings is 1. The second kappa shape index (κ2) is 4.99. The molecule has 3 rings (SSSR count). The van der Waals surface area contributed by atoms with Crippen molar-refractivity contribution in [2.75, 3.05) is 0 Å². The maximum atomic E-state index is 11.9. The van der Waals surface area contributed by atoms with Crippen LogP contribution in [0.3, 0.4) is 0 Å². The number of hydrogen-bond acceptors (Lipinski definition) is 6. The van der Waals surface area contributed by atoms with Crippen molar-refractivity contribution in [2.24, 2.45) is 5.92 Å². The Labute approximate surface area is 114 Å². The number of hydrogen-bond donors (Lipinski definition) is 1. The molecule has 1 N–H and O–H groups in total. The quantitative estimate of drug-likeness (QED) is 0.868. The minimum Gasteiger partial charge on any atom is -0.253 e. The lowest BCUT2D eigenvalue weighted by atomic mass is 9.81. The minimum absolute atomic E-state index is 0.00224. The molecular weight excluding hydrogens is 286 g/mol. The number of aromatic nitrogens is 4. The molecule has 2 aromatic heterocycles. The molecular formula is C10H13N5O2S2. The van der Waals surface area contributed by atoms with Gasteiger partial charge in [0.05, 0.1) is 0 Å². The average Bonchev–Trinajstić information content (AvgIpc) is 2.99. The standard InChI is InChI=1S/C10H13N5O2S2/c16-19(17,10-12-1-2-18-10)14-9-3-8(4-9)5-15-7-11-6-13-15/h1-2,6-9,14H,3-5H2. The summed E-state index contributed by atoms with van der Waals surface area (Å²) in [5.74, 6) is 0.450. The molecule has 102 valence electrons. The lowest BCUT2D eigenvalue weighted by Gasteiger charge is -2.35. The Hall–Kier alpha value is -1.32. The summed E-state index contributed by atoms with van der Waals surface area (Å²) < 4.78 is 28.4. The van der Waals surface area contributed by atoms with E-state index in [1.807, 2.05) is 0 Å². The molecule has 0 radical (unpaired) electrons. The van der Waals surface area contributed by atoms with Crippen LogP contribution in [0.25, 0.3) is 0 Å². The Morgan fingerprint density at radius 3 is 2.95 bits per heavy atom. The third kappa shape index (κ3) is 2.82. The van der Waals surface area contributed by atoms with E-state index < -0.39 is 10.0 Å². The van der Waals surface area contributed by atoms with Crippen LogP contribution in [-0.4, -0.2) is 34.2 Å². The zero-order chi connectivity index (χ0) is 13.3. The molecule has 1 fully saturated rings. The van der Waals surface area contributed by atoms with Crippen LogP contribution in [0, 0.1) is 5.92 Å². The second-order valence-electron chi connectivity index (χ2n) is 4.57. The largest absolute Gasteiger partial charge is 0.268 e. The first kappa shape index (κ1) is 12.7. The van der Waals surface area contributed by atoms with Gasteiger partial charge >= 0.3 is 0 Å². The highest BCUT2D eigenvalue weighted by Crippen LogP contribution is 2.30. The third-order valence-corrected chi connectivity index (χ3v) is 5.83. The molecule has 0 bridgehead atoms. The summed E-state index contributed by atoms with van der Waals surface area (Å²) in [7, 11) is -3.44. The Balaban J connectivity index is 1.52. The molecule has 1 aliphatic carbocycles. The van der Waals surface area contributed by atoms with E-state index in [2.05, 4.69) is 19.8 Å². The van der Waals surface area contributed by atoms with E-state index in [1.165, 1.54) is 12.5 Å². The number of rotatable bonds is 5. The molecule has 2 aromatic rings. The Morgan fingerprint density at radius 2 is 2.32 bits per heavy atom. The Morgan fingerprint density at radius 1 is 1.47 bits per heavy atom. The molecule has 0 saturated heterocycles. The summed E-state index contributed by atoms with van der Waals surface area (Å²) in [6, 6.07) is 0.00224. The zero-order valence-electron chi connectivity index (χ0n) is 10.0. The molecule has 0 unspecified atom stereocenters. The normalized spacial score (nSPS) is 23.2. The van der Waals surface area contributed by atoms with E-state index in [0.29, 0.717) is 5.92 Å². The highest BCUT2D eigenvalue weighted by molar-refractivity contribution is 7.91. The van der Waals surface area contributed by atoms with E-state index in [9.17, 15) is 8.42 Å². The van der Waals surface area contributed by atoms with Gasteiger partial charge in [-0.05, 0) is 18.8 Å². The van der Waals surface area contributed by atoms with Crippen LogP contribution in [0.15, 0.2) is 28.6 Å². The first-order valence-electron chi connectivity index (χ1n) is 5.88. The average molecular weight is 299 g/mol. The molecule has 19 heavy (non-hydrogen) atoms. The van der Waals surface area contributed by atoms with Crippen LogP contribution in [0.1, 0.15) is 12.8 Å². The number of nitrogens with zero attached hydrogens (tertiary/aromatic N) is 4. The van der Waals surface area contributed by atoms with Gasteiger partial charge in [-0.15, -0.1) is 11.3 Å². The van der Waals surface area contributed by atoms with Gasteiger partial charge in [0.15, 0.2) is 0 Å². The van der Waals surface area contributed by atoms with Crippen molar-refractivity contribution in [3.8, 4) is 0 Å². The summed E-state index contributed by atoms with van der Waals surface area (Å²) in [4.78, 5) is 7.70. The highest BCUT2D eigenvalue weighted by Gasteiger charge is 2.33. The second-order valence-corrected chi connectivity index (χ2v) is 7.35. The maximum Gasteiger partial charge on any atom is 0.268 e. The zero-order valence-corrected chi connectivity index (χ0v) is 11.6. The van der Waals surface area contributed by atoms with Gasteiger partial charge in [0, 0.05) is 24.2 Å². The first-order valence-corrected chi connectivity index (χ1v) is 8.24. The fourth-order valence-electron chi connectivity index (χ4n) is 2.19. The molecule has 1 aliphatic rings. The highest BCUT2D eigenvalue weighted by atomic mass is 32.2. The van der Waals surface area contributed by atoms with Crippen molar-refractivity contribution in [2.45, 2.75) is 29.8 Å². The molecule has 0 aromatic carbocycles. The summed E-state index contributed by atoms with van der Waals surface area (Å²) in [5, 5.41) is 5.69. The van der Waals surface area contributed by atoms with Crippen molar-refractivity contribution < 1.29 is 8.42 Å². The van der Waals surface area contributed by atoms with Gasteiger partial charge in [0.2, 0.25) is 4.34 Å². The monoisotopic (exact) mass is 299 g/mol. The van der Waals surface area contributed by atoms with Crippen LogP contribution in [-0.2, 0) is 16.6 Å². The van der Waals surface area contributed by atoms with Crippen molar-refractivity contribution in [3.63, 3.8) is 0 Å². The third-order valence-electron chi connectivity index (χ3n) is 3.11. The van der Waals surface area contributed by atoms with Crippen molar-refractivity contribution >= 4 is 21.4 Å². The van der Waals surface area contributed by atoms with Gasteiger partial charge in [-0.1, -0.05) is 0 Å². The summed E-state index contributed by atoms with van der Waals surface area (Å²) >= 11 is 1.13. The Kier molecular flexibility index (Phi) is 3.33. The molecule has 9 heteroatoms. The smallest absolute Gasteiger partial charge is 0.253 e. The lowest BCUT2D eigenvalue weighted by molar-refractivity contribution is 0.213. The van der Waals surface area contributed by atoms with E-state index in [0.717, 1.165) is 30.7 Å². The summed E-state index contributed by atoms with van der Waals surface area (Å²) in [6.07, 6.45) is 6.32. The van der Waals surface area contributed by atoms with Crippen molar-refractivity contribution in [1.29, 1.82) is 0 Å². The molecule has 0 amide bonds. The maximum absolute atomic E-state index is 11.9. The van der Waals surface area contributed by atoms with Gasteiger partial charge in [-0.3, -0.25) is 4.68 Å². The predicted octanol–water partition coefficient (Wildman–Crippen LogP) is 0.492. The predicted molar refractivity (Wildman–Crippen MR) is 69.0 cm³/mol. The number of sulfonamides is 1. The van der Waals surface area contributed by atoms with E-state index in [4.69, 9.17) is 0 Å². The van der Waals surface area contributed by atoms with E-state index in [1.54, 1.807) is 16.4 Å². The minimum atomic E-state index is -3.44. The van der Waals surface area contributed by atoms with Gasteiger partial charge in [0.1, 0.15) is 12.7 Å². The SMILES string of the molecule is O=S(=O)(NC1CC(Cn2cncn2)C1)c1nccs1. The lowest BCUT2D eigenvalue weighted by Crippen LogP contribution is -2.45. The van der Waals surface area contributed by atoms with Crippen LogP contribution in [0.5, 0.6) is 0 Å². The molecule has 7 nitrogen and oxygen atoms in total. The van der Waals surface area contributed by atoms with Crippen LogP contribution >= 0.6 is 11.3 Å². The summed E-state index contributed by atoms with van der Waals surface area (Å²) in [6.45, 7) is 0.787. The fraction of sp³-hybridized carbons (Fsp3) is 0.500. The number of nitrogens with one attached hydrogen (secondary N) is 1. The van der Waals surface area contributed by atoms with E-state index >= 15 is 0 Å². The molecule has 0 aliphatic heterocycles. The van der Waals surface area contributed by atoms with Gasteiger partial charge in [-0.25, -0.2) is 23.1 Å². The molecule has 0 atom stereocenters. The van der Waals surface area contributed by atoms with Crippen LogP contribution in [0.4, 0.5) is 0 Å². The first-order chi connectivity index (χ1) is 9.13. The fourth-order valence-corrected chi connectivity index (χ4v) is 4.29. The Bertz CT molecular complexity index is 617. The molecule has 1 saturated carbocycles. The van der Waals surface area contributed by atoms with Crippen LogP contribution in [0.2, 0.25) is 0 Å². The molecule has 0 spiro atoms. The van der Waals surface area contributed by atoms with Gasteiger partial charge < -0.3 is 0 Å². The summed E-state index contributed by atoms with van der Waals surface area (Å²) in [5.41, 5.74) is 0. The van der Waals surface area contributed by atoms with Crippen LogP contribution < -0.4 is 4.72 Å². The van der Waals surface area contributed by atoms with Gasteiger partial charge in [-0.2, -0.15) is 5.10 Å². The molecule has 2 heterocycles. The topological polar surface area (TPSA) is 89.8 Å². The van der Waals surface area contributed by atoms with Crippen molar-refractivity contribution in [3.05, 3.63) is 24.2 Å².